The minimum absolute atomic E-state index is 0.609. The van der Waals surface area contributed by atoms with Crippen molar-refractivity contribution in [2.45, 2.75) is 20.4 Å². The van der Waals surface area contributed by atoms with E-state index < -0.39 is 0 Å². The Balaban J connectivity index is 2.43. The molecule has 2 aromatic rings. The normalized spacial score (nSPS) is 11.4. The van der Waals surface area contributed by atoms with Gasteiger partial charge in [-0.1, -0.05) is 18.5 Å². The lowest BCUT2D eigenvalue weighted by molar-refractivity contribution is 0.706. The average Bonchev–Trinajstić information content (AvgIpc) is 2.58. The molecule has 0 aliphatic rings. The predicted octanol–water partition coefficient (Wildman–Crippen LogP) is 2.47. The van der Waals surface area contributed by atoms with Crippen LogP contribution in [-0.2, 0) is 6.54 Å². The number of fused-ring (bicyclic) bond motifs is 1. The standard InChI is InChI=1S/C9H12ClN3S/c1-3-11-4-7-8(10)12-9-13(7)5-6(2)14-9/h5,11H,3-4H2,1-2H3. The molecule has 5 heteroatoms. The minimum Gasteiger partial charge on any atom is -0.311 e. The van der Waals surface area contributed by atoms with Crippen molar-refractivity contribution in [1.82, 2.24) is 14.7 Å². The number of hydrogen-bond acceptors (Lipinski definition) is 3. The first-order valence-electron chi connectivity index (χ1n) is 4.56. The molecule has 0 atom stereocenters. The van der Waals surface area contributed by atoms with Crippen LogP contribution in [0.15, 0.2) is 6.20 Å². The van der Waals surface area contributed by atoms with Gasteiger partial charge in [0.25, 0.3) is 0 Å². The highest BCUT2D eigenvalue weighted by atomic mass is 35.5. The van der Waals surface area contributed by atoms with Crippen LogP contribution < -0.4 is 5.32 Å². The lowest BCUT2D eigenvalue weighted by Crippen LogP contribution is -2.13. The molecule has 0 aliphatic carbocycles. The van der Waals surface area contributed by atoms with Crippen LogP contribution in [0.3, 0.4) is 0 Å². The first-order chi connectivity index (χ1) is 6.72. The molecule has 76 valence electrons. The zero-order chi connectivity index (χ0) is 10.1. The van der Waals surface area contributed by atoms with E-state index >= 15 is 0 Å². The number of aromatic nitrogens is 2. The van der Waals surface area contributed by atoms with Crippen LogP contribution in [0.1, 0.15) is 17.5 Å². The Hall–Kier alpha value is -0.580. The topological polar surface area (TPSA) is 29.3 Å². The van der Waals surface area contributed by atoms with Crippen molar-refractivity contribution in [3.8, 4) is 0 Å². The molecule has 0 unspecified atom stereocenters. The summed E-state index contributed by atoms with van der Waals surface area (Å²) in [5, 5.41) is 3.86. The summed E-state index contributed by atoms with van der Waals surface area (Å²) in [7, 11) is 0. The fourth-order valence-corrected chi connectivity index (χ4v) is 2.51. The van der Waals surface area contributed by atoms with Crippen molar-refractivity contribution in [2.24, 2.45) is 0 Å². The lowest BCUT2D eigenvalue weighted by atomic mass is 10.4. The highest BCUT2D eigenvalue weighted by Crippen LogP contribution is 2.23. The number of thiazole rings is 1. The van der Waals surface area contributed by atoms with Crippen LogP contribution in [-0.4, -0.2) is 15.9 Å². The molecule has 2 aromatic heterocycles. The van der Waals surface area contributed by atoms with Gasteiger partial charge in [0, 0.05) is 17.6 Å². The molecule has 2 heterocycles. The van der Waals surface area contributed by atoms with Crippen molar-refractivity contribution >= 4 is 27.9 Å². The van der Waals surface area contributed by atoms with E-state index in [4.69, 9.17) is 11.6 Å². The Morgan fingerprint density at radius 1 is 1.64 bits per heavy atom. The van der Waals surface area contributed by atoms with Crippen LogP contribution in [0, 0.1) is 6.92 Å². The van der Waals surface area contributed by atoms with E-state index in [1.807, 2.05) is 0 Å². The van der Waals surface area contributed by atoms with Crippen LogP contribution in [0.5, 0.6) is 0 Å². The molecule has 0 aliphatic heterocycles. The summed E-state index contributed by atoms with van der Waals surface area (Å²) < 4.78 is 2.06. The molecule has 14 heavy (non-hydrogen) atoms. The Kier molecular flexibility index (Phi) is 2.76. The summed E-state index contributed by atoms with van der Waals surface area (Å²) in [6.07, 6.45) is 2.07. The molecule has 0 saturated carbocycles. The third-order valence-electron chi connectivity index (χ3n) is 2.03. The van der Waals surface area contributed by atoms with E-state index in [2.05, 4.69) is 34.7 Å². The maximum absolute atomic E-state index is 6.03. The van der Waals surface area contributed by atoms with Gasteiger partial charge in [-0.3, -0.25) is 4.40 Å². The van der Waals surface area contributed by atoms with Gasteiger partial charge in [0.2, 0.25) is 0 Å². The zero-order valence-electron chi connectivity index (χ0n) is 8.17. The van der Waals surface area contributed by atoms with E-state index in [1.165, 1.54) is 4.88 Å². The molecule has 0 aromatic carbocycles. The monoisotopic (exact) mass is 229 g/mol. The van der Waals surface area contributed by atoms with Gasteiger partial charge in [0.05, 0.1) is 5.69 Å². The Morgan fingerprint density at radius 3 is 3.14 bits per heavy atom. The van der Waals surface area contributed by atoms with Crippen molar-refractivity contribution in [3.63, 3.8) is 0 Å². The maximum atomic E-state index is 6.03. The quantitative estimate of drug-likeness (QED) is 0.876. The summed E-state index contributed by atoms with van der Waals surface area (Å²) in [6.45, 7) is 5.86. The van der Waals surface area contributed by atoms with E-state index in [0.29, 0.717) is 5.15 Å². The predicted molar refractivity (Wildman–Crippen MR) is 60.2 cm³/mol. The van der Waals surface area contributed by atoms with Crippen molar-refractivity contribution in [2.75, 3.05) is 6.54 Å². The molecular weight excluding hydrogens is 218 g/mol. The van der Waals surface area contributed by atoms with Gasteiger partial charge in [-0.2, -0.15) is 0 Å². The van der Waals surface area contributed by atoms with E-state index in [9.17, 15) is 0 Å². The van der Waals surface area contributed by atoms with Crippen LogP contribution in [0.2, 0.25) is 5.15 Å². The van der Waals surface area contributed by atoms with E-state index in [0.717, 1.165) is 23.7 Å². The van der Waals surface area contributed by atoms with E-state index in [1.54, 1.807) is 11.3 Å². The third-order valence-corrected chi connectivity index (χ3v) is 3.24. The summed E-state index contributed by atoms with van der Waals surface area (Å²) >= 11 is 7.69. The number of nitrogens with one attached hydrogen (secondary N) is 1. The SMILES string of the molecule is CCNCc1c(Cl)nc2sc(C)cn12. The van der Waals surface area contributed by atoms with Crippen LogP contribution >= 0.6 is 22.9 Å². The summed E-state index contributed by atoms with van der Waals surface area (Å²) in [5.41, 5.74) is 1.05. The first kappa shape index (κ1) is 9.96. The van der Waals surface area contributed by atoms with Crippen molar-refractivity contribution in [1.29, 1.82) is 0 Å². The maximum Gasteiger partial charge on any atom is 0.195 e. The fourth-order valence-electron chi connectivity index (χ4n) is 1.38. The number of hydrogen-bond donors (Lipinski definition) is 1. The Bertz CT molecular complexity index is 446. The third kappa shape index (κ3) is 1.65. The largest absolute Gasteiger partial charge is 0.311 e. The second-order valence-electron chi connectivity index (χ2n) is 3.12. The zero-order valence-corrected chi connectivity index (χ0v) is 9.74. The fraction of sp³-hybridized carbons (Fsp3) is 0.444. The summed E-state index contributed by atoms with van der Waals surface area (Å²) in [4.78, 5) is 6.52. The molecule has 1 N–H and O–H groups in total. The van der Waals surface area contributed by atoms with Crippen molar-refractivity contribution in [3.05, 3.63) is 21.9 Å². The number of aryl methyl sites for hydroxylation is 1. The molecule has 0 bridgehead atoms. The van der Waals surface area contributed by atoms with Crippen LogP contribution in [0.4, 0.5) is 0 Å². The molecule has 0 amide bonds. The van der Waals surface area contributed by atoms with Crippen LogP contribution in [0.25, 0.3) is 4.96 Å². The summed E-state index contributed by atoms with van der Waals surface area (Å²) in [5.74, 6) is 0. The van der Waals surface area contributed by atoms with Crippen molar-refractivity contribution < 1.29 is 0 Å². The second kappa shape index (κ2) is 3.88. The highest BCUT2D eigenvalue weighted by Gasteiger charge is 2.11. The molecule has 0 spiro atoms. The molecule has 3 nitrogen and oxygen atoms in total. The number of imidazole rings is 1. The van der Waals surface area contributed by atoms with Gasteiger partial charge >= 0.3 is 0 Å². The number of rotatable bonds is 3. The average molecular weight is 230 g/mol. The second-order valence-corrected chi connectivity index (χ2v) is 4.70. The van der Waals surface area contributed by atoms with Gasteiger partial charge in [-0.25, -0.2) is 4.98 Å². The molecule has 2 rings (SSSR count). The van der Waals surface area contributed by atoms with Gasteiger partial charge in [-0.05, 0) is 13.5 Å². The molecule has 0 fully saturated rings. The number of halogens is 1. The lowest BCUT2D eigenvalue weighted by Gasteiger charge is -2.00. The minimum atomic E-state index is 0.609. The molecular formula is C9H12ClN3S. The van der Waals surface area contributed by atoms with Gasteiger partial charge in [0.1, 0.15) is 0 Å². The van der Waals surface area contributed by atoms with Gasteiger partial charge in [-0.15, -0.1) is 11.3 Å². The number of nitrogens with zero attached hydrogens (tertiary/aromatic N) is 2. The Morgan fingerprint density at radius 2 is 2.43 bits per heavy atom. The molecule has 0 radical (unpaired) electrons. The first-order valence-corrected chi connectivity index (χ1v) is 5.75. The van der Waals surface area contributed by atoms with Gasteiger partial charge in [0.15, 0.2) is 10.1 Å². The molecule has 0 saturated heterocycles. The summed E-state index contributed by atoms with van der Waals surface area (Å²) in [6, 6.07) is 0. The van der Waals surface area contributed by atoms with Gasteiger partial charge < -0.3 is 5.32 Å². The Labute approximate surface area is 91.7 Å². The van der Waals surface area contributed by atoms with E-state index in [-0.39, 0.29) is 0 Å². The highest BCUT2D eigenvalue weighted by molar-refractivity contribution is 7.17. The smallest absolute Gasteiger partial charge is 0.195 e.